The first kappa shape index (κ1) is 20.7. The van der Waals surface area contributed by atoms with E-state index in [0.29, 0.717) is 19.4 Å². The van der Waals surface area contributed by atoms with Crippen molar-refractivity contribution in [2.24, 2.45) is 0 Å². The molecule has 28 heavy (non-hydrogen) atoms. The third-order valence-corrected chi connectivity index (χ3v) is 5.93. The van der Waals surface area contributed by atoms with E-state index in [1.165, 1.54) is 17.1 Å². The number of hydrogen-bond acceptors (Lipinski definition) is 4. The van der Waals surface area contributed by atoms with Crippen LogP contribution in [0.25, 0.3) is 0 Å². The summed E-state index contributed by atoms with van der Waals surface area (Å²) in [5.74, 6) is 3.35. The molecular weight excluding hydrogens is 368 g/mol. The Morgan fingerprint density at radius 2 is 1.89 bits per heavy atom. The summed E-state index contributed by atoms with van der Waals surface area (Å²) in [7, 11) is 0. The van der Waals surface area contributed by atoms with Crippen molar-refractivity contribution < 1.29 is 9.53 Å². The van der Waals surface area contributed by atoms with E-state index >= 15 is 0 Å². The van der Waals surface area contributed by atoms with Gasteiger partial charge in [0.15, 0.2) is 0 Å². The number of carbonyl (C=O) groups excluding carboxylic acids is 1. The average Bonchev–Trinajstić information content (AvgIpc) is 2.70. The van der Waals surface area contributed by atoms with Crippen LogP contribution in [-0.2, 0) is 11.3 Å². The van der Waals surface area contributed by atoms with Crippen molar-refractivity contribution in [3.8, 4) is 5.75 Å². The Morgan fingerprint density at radius 1 is 1.11 bits per heavy atom. The van der Waals surface area contributed by atoms with Gasteiger partial charge in [-0.2, -0.15) is 11.8 Å². The van der Waals surface area contributed by atoms with Crippen LogP contribution >= 0.6 is 11.8 Å². The first-order valence-electron chi connectivity index (χ1n) is 10.00. The van der Waals surface area contributed by atoms with E-state index in [1.54, 1.807) is 0 Å². The number of hydrogen-bond donors (Lipinski definition) is 1. The molecule has 0 atom stereocenters. The number of aryl methyl sites for hydroxylation is 2. The molecule has 5 heteroatoms. The second kappa shape index (κ2) is 10.5. The highest BCUT2D eigenvalue weighted by Crippen LogP contribution is 2.20. The van der Waals surface area contributed by atoms with E-state index in [9.17, 15) is 4.79 Å². The zero-order chi connectivity index (χ0) is 19.8. The second-order valence-corrected chi connectivity index (χ2v) is 8.53. The molecule has 1 saturated heterocycles. The van der Waals surface area contributed by atoms with Gasteiger partial charge in [-0.1, -0.05) is 30.3 Å². The Hall–Kier alpha value is -1.98. The maximum atomic E-state index is 12.4. The molecule has 0 spiro atoms. The van der Waals surface area contributed by atoms with Gasteiger partial charge in [0.25, 0.3) is 0 Å². The van der Waals surface area contributed by atoms with E-state index in [0.717, 1.165) is 42.2 Å². The Bertz CT molecular complexity index is 788. The molecule has 0 unspecified atom stereocenters. The fraction of sp³-hybridized carbons (Fsp3) is 0.435. The first-order valence-corrected chi connectivity index (χ1v) is 11.2. The summed E-state index contributed by atoms with van der Waals surface area (Å²) in [6.45, 7) is 7.85. The van der Waals surface area contributed by atoms with Crippen LogP contribution in [0, 0.1) is 13.8 Å². The topological polar surface area (TPSA) is 41.6 Å². The standard InChI is InChI=1S/C23H30N2O2S/c1-18-9-10-20(17-25-11-14-28-15-12-25)16-21(18)24-23(26)8-5-13-27-22-7-4-3-6-19(22)2/h3-4,6-7,9-10,16H,5,8,11-15,17H2,1-2H3,(H,24,26). The van der Waals surface area contributed by atoms with Crippen molar-refractivity contribution in [2.75, 3.05) is 36.5 Å². The lowest BCUT2D eigenvalue weighted by Gasteiger charge is -2.26. The van der Waals surface area contributed by atoms with Gasteiger partial charge in [-0.3, -0.25) is 9.69 Å². The lowest BCUT2D eigenvalue weighted by atomic mass is 10.1. The van der Waals surface area contributed by atoms with Crippen molar-refractivity contribution in [3.63, 3.8) is 0 Å². The molecule has 1 aliphatic heterocycles. The van der Waals surface area contributed by atoms with E-state index < -0.39 is 0 Å². The number of benzene rings is 2. The second-order valence-electron chi connectivity index (χ2n) is 7.30. The van der Waals surface area contributed by atoms with Crippen molar-refractivity contribution in [2.45, 2.75) is 33.2 Å². The van der Waals surface area contributed by atoms with Gasteiger partial charge in [0.05, 0.1) is 6.61 Å². The fourth-order valence-corrected chi connectivity index (χ4v) is 4.24. The van der Waals surface area contributed by atoms with Gasteiger partial charge in [-0.25, -0.2) is 0 Å². The number of carbonyl (C=O) groups is 1. The van der Waals surface area contributed by atoms with E-state index in [1.807, 2.05) is 49.9 Å². The smallest absolute Gasteiger partial charge is 0.224 e. The SMILES string of the molecule is Cc1ccc(CN2CCSCC2)cc1NC(=O)CCCOc1ccccc1C. The first-order chi connectivity index (χ1) is 13.6. The number of anilines is 1. The minimum Gasteiger partial charge on any atom is -0.493 e. The van der Waals surface area contributed by atoms with Crippen LogP contribution in [0.4, 0.5) is 5.69 Å². The molecule has 0 saturated carbocycles. The van der Waals surface area contributed by atoms with Crippen molar-refractivity contribution >= 4 is 23.4 Å². The molecular formula is C23H30N2O2S. The zero-order valence-electron chi connectivity index (χ0n) is 16.9. The maximum absolute atomic E-state index is 12.4. The van der Waals surface area contributed by atoms with Crippen LogP contribution in [0.5, 0.6) is 5.75 Å². The van der Waals surface area contributed by atoms with Gasteiger partial charge < -0.3 is 10.1 Å². The molecule has 150 valence electrons. The summed E-state index contributed by atoms with van der Waals surface area (Å²) in [6.07, 6.45) is 1.16. The van der Waals surface area contributed by atoms with Crippen molar-refractivity contribution in [1.29, 1.82) is 0 Å². The van der Waals surface area contributed by atoms with E-state index in [4.69, 9.17) is 4.74 Å². The van der Waals surface area contributed by atoms with E-state index in [2.05, 4.69) is 28.4 Å². The molecule has 1 amide bonds. The lowest BCUT2D eigenvalue weighted by molar-refractivity contribution is -0.116. The van der Waals surface area contributed by atoms with Crippen LogP contribution in [0.3, 0.4) is 0 Å². The summed E-state index contributed by atoms with van der Waals surface area (Å²) in [4.78, 5) is 14.8. The molecule has 1 heterocycles. The minimum absolute atomic E-state index is 0.0445. The number of ether oxygens (including phenoxy) is 1. The predicted molar refractivity (Wildman–Crippen MR) is 118 cm³/mol. The predicted octanol–water partition coefficient (Wildman–Crippen LogP) is 4.65. The molecule has 3 rings (SSSR count). The van der Waals surface area contributed by atoms with Gasteiger partial charge in [0.1, 0.15) is 5.75 Å². The summed E-state index contributed by atoms with van der Waals surface area (Å²) in [5.41, 5.74) is 4.40. The van der Waals surface area contributed by atoms with Gasteiger partial charge >= 0.3 is 0 Å². The molecule has 0 aliphatic carbocycles. The maximum Gasteiger partial charge on any atom is 0.224 e. The van der Waals surface area contributed by atoms with Gasteiger partial charge in [-0.05, 0) is 49.1 Å². The fourth-order valence-electron chi connectivity index (χ4n) is 3.27. The normalized spacial score (nSPS) is 14.6. The molecule has 0 bridgehead atoms. The quantitative estimate of drug-likeness (QED) is 0.657. The monoisotopic (exact) mass is 398 g/mol. The zero-order valence-corrected chi connectivity index (χ0v) is 17.7. The average molecular weight is 399 g/mol. The Morgan fingerprint density at radius 3 is 2.68 bits per heavy atom. The minimum atomic E-state index is 0.0445. The Labute approximate surface area is 172 Å². The third kappa shape index (κ3) is 6.28. The molecule has 1 aliphatic rings. The van der Waals surface area contributed by atoms with Crippen LogP contribution in [-0.4, -0.2) is 42.0 Å². The number of thioether (sulfide) groups is 1. The molecule has 2 aromatic rings. The number of nitrogens with one attached hydrogen (secondary N) is 1. The van der Waals surface area contributed by atoms with Gasteiger partial charge in [0.2, 0.25) is 5.91 Å². The van der Waals surface area contributed by atoms with Gasteiger partial charge in [-0.15, -0.1) is 0 Å². The van der Waals surface area contributed by atoms with Crippen LogP contribution in [0.15, 0.2) is 42.5 Å². The highest BCUT2D eigenvalue weighted by molar-refractivity contribution is 7.99. The summed E-state index contributed by atoms with van der Waals surface area (Å²) in [6, 6.07) is 14.3. The molecule has 2 aromatic carbocycles. The highest BCUT2D eigenvalue weighted by atomic mass is 32.2. The number of rotatable bonds is 8. The lowest BCUT2D eigenvalue weighted by Crippen LogP contribution is -2.32. The van der Waals surface area contributed by atoms with Crippen LogP contribution in [0.2, 0.25) is 0 Å². The largest absolute Gasteiger partial charge is 0.493 e. The summed E-state index contributed by atoms with van der Waals surface area (Å²) >= 11 is 2.02. The molecule has 1 fully saturated rings. The Balaban J connectivity index is 1.46. The molecule has 0 aromatic heterocycles. The number of para-hydroxylation sites is 1. The summed E-state index contributed by atoms with van der Waals surface area (Å²) in [5, 5.41) is 3.08. The van der Waals surface area contributed by atoms with Crippen molar-refractivity contribution in [3.05, 3.63) is 59.2 Å². The highest BCUT2D eigenvalue weighted by Gasteiger charge is 2.12. The Kier molecular flexibility index (Phi) is 7.80. The van der Waals surface area contributed by atoms with Crippen LogP contribution in [0.1, 0.15) is 29.5 Å². The molecule has 1 N–H and O–H groups in total. The third-order valence-electron chi connectivity index (χ3n) is 4.99. The van der Waals surface area contributed by atoms with E-state index in [-0.39, 0.29) is 5.91 Å². The summed E-state index contributed by atoms with van der Waals surface area (Å²) < 4.78 is 5.78. The number of amides is 1. The number of nitrogens with zero attached hydrogens (tertiary/aromatic N) is 1. The van der Waals surface area contributed by atoms with Gasteiger partial charge in [0, 0.05) is 43.2 Å². The van der Waals surface area contributed by atoms with Crippen molar-refractivity contribution in [1.82, 2.24) is 4.90 Å². The molecule has 0 radical (unpaired) electrons. The molecule has 4 nitrogen and oxygen atoms in total. The van der Waals surface area contributed by atoms with Crippen LogP contribution < -0.4 is 10.1 Å².